The number of alkyl halides is 3. The number of nitrogens with one attached hydrogen (secondary N) is 1. The van der Waals surface area contributed by atoms with Gasteiger partial charge in [0.25, 0.3) is 0 Å². The van der Waals surface area contributed by atoms with Crippen LogP contribution in [0.1, 0.15) is 36.7 Å². The van der Waals surface area contributed by atoms with Gasteiger partial charge in [0.15, 0.2) is 0 Å². The number of hydrogen-bond acceptors (Lipinski definition) is 4. The lowest BCUT2D eigenvalue weighted by Crippen LogP contribution is -2.49. The van der Waals surface area contributed by atoms with E-state index < -0.39 is 24.0 Å². The third kappa shape index (κ3) is 4.26. The lowest BCUT2D eigenvalue weighted by Gasteiger charge is -2.34. The van der Waals surface area contributed by atoms with Gasteiger partial charge in [0, 0.05) is 30.4 Å². The van der Waals surface area contributed by atoms with E-state index in [9.17, 15) is 23.1 Å². The molecule has 1 aliphatic heterocycles. The largest absolute Gasteiger partial charge is 0.433 e. The van der Waals surface area contributed by atoms with Crippen molar-refractivity contribution in [3.63, 3.8) is 0 Å². The molecule has 1 amide bonds. The van der Waals surface area contributed by atoms with Gasteiger partial charge in [-0.15, -0.1) is 0 Å². The molecule has 36 heavy (non-hydrogen) atoms. The zero-order valence-corrected chi connectivity index (χ0v) is 20.9. The van der Waals surface area contributed by atoms with Crippen molar-refractivity contribution in [3.05, 3.63) is 51.4 Å². The second-order valence-corrected chi connectivity index (χ2v) is 10.7. The number of amides is 1. The second-order valence-electron chi connectivity index (χ2n) is 9.93. The Kier molecular flexibility index (Phi) is 6.26. The van der Waals surface area contributed by atoms with Crippen LogP contribution in [0.2, 0.25) is 10.0 Å². The first kappa shape index (κ1) is 25.3. The molecule has 2 aliphatic rings. The molecule has 11 heteroatoms. The van der Waals surface area contributed by atoms with E-state index >= 15 is 0 Å². The first-order chi connectivity index (χ1) is 16.9. The number of benzene rings is 1. The van der Waals surface area contributed by atoms with E-state index in [1.807, 2.05) is 0 Å². The summed E-state index contributed by atoms with van der Waals surface area (Å²) in [5, 5.41) is 11.0. The van der Waals surface area contributed by atoms with Crippen molar-refractivity contribution >= 4 is 40.0 Å². The number of likely N-dealkylation sites (tertiary alicyclic amines) is 1. The minimum Gasteiger partial charge on any atom is -0.391 e. The fraction of sp³-hybridized carbons (Fsp3) is 0.440. The number of nitrogens with zero attached hydrogens (tertiary/aromatic N) is 2. The third-order valence-corrected chi connectivity index (χ3v) is 8.32. The number of halogens is 5. The van der Waals surface area contributed by atoms with Crippen LogP contribution in [-0.2, 0) is 23.8 Å². The second kappa shape index (κ2) is 8.90. The highest BCUT2D eigenvalue weighted by molar-refractivity contribution is 6.45. The average molecular weight is 541 g/mol. The lowest BCUT2D eigenvalue weighted by molar-refractivity contribution is -0.141. The molecule has 1 aromatic carbocycles. The van der Waals surface area contributed by atoms with Crippen LogP contribution in [0.5, 0.6) is 0 Å². The summed E-state index contributed by atoms with van der Waals surface area (Å²) in [7, 11) is 0. The van der Waals surface area contributed by atoms with Crippen LogP contribution in [-0.4, -0.2) is 51.1 Å². The SMILES string of the molecule is C[C@H](O)[C@@H](N)C(=O)N1CCC2(CCc3[nH]c4c(Cl)c(Cl)cc(-c5ccnc(C(F)(F)F)c5)c4c3C2)C1. The van der Waals surface area contributed by atoms with Gasteiger partial charge in [-0.25, -0.2) is 0 Å². The third-order valence-electron chi connectivity index (χ3n) is 7.53. The molecule has 3 atom stereocenters. The molecule has 1 spiro atoms. The minimum absolute atomic E-state index is 0.199. The number of carbonyl (C=O) groups is 1. The highest BCUT2D eigenvalue weighted by Gasteiger charge is 2.44. The van der Waals surface area contributed by atoms with Crippen LogP contribution in [0.15, 0.2) is 24.4 Å². The van der Waals surface area contributed by atoms with Crippen LogP contribution < -0.4 is 5.73 Å². The van der Waals surface area contributed by atoms with Crippen molar-refractivity contribution in [1.29, 1.82) is 0 Å². The van der Waals surface area contributed by atoms with Gasteiger partial charge in [0.05, 0.1) is 21.7 Å². The number of aryl methyl sites for hydroxylation is 1. The number of hydrogen-bond donors (Lipinski definition) is 3. The molecule has 0 saturated carbocycles. The Morgan fingerprint density at radius 3 is 2.75 bits per heavy atom. The first-order valence-electron chi connectivity index (χ1n) is 11.7. The summed E-state index contributed by atoms with van der Waals surface area (Å²) in [5.74, 6) is -0.279. The minimum atomic E-state index is -4.58. The van der Waals surface area contributed by atoms with E-state index in [1.54, 1.807) is 11.0 Å². The van der Waals surface area contributed by atoms with Gasteiger partial charge in [0.1, 0.15) is 11.7 Å². The molecule has 6 nitrogen and oxygen atoms in total. The molecular formula is C25H25Cl2F3N4O2. The Hall–Kier alpha value is -2.33. The summed E-state index contributed by atoms with van der Waals surface area (Å²) in [6.45, 7) is 2.53. The Labute approximate surface area is 215 Å². The maximum Gasteiger partial charge on any atom is 0.433 e. The predicted molar refractivity (Wildman–Crippen MR) is 132 cm³/mol. The molecule has 1 unspecified atom stereocenters. The van der Waals surface area contributed by atoms with Gasteiger partial charge < -0.3 is 20.7 Å². The maximum absolute atomic E-state index is 13.4. The summed E-state index contributed by atoms with van der Waals surface area (Å²) in [4.78, 5) is 21.3. The first-order valence-corrected chi connectivity index (χ1v) is 12.4. The Balaban J connectivity index is 1.58. The van der Waals surface area contributed by atoms with E-state index in [2.05, 4.69) is 9.97 Å². The molecule has 4 N–H and O–H groups in total. The van der Waals surface area contributed by atoms with E-state index in [4.69, 9.17) is 28.9 Å². The van der Waals surface area contributed by atoms with E-state index in [0.717, 1.165) is 41.7 Å². The standard InChI is InChI=1S/C25H25Cl2F3N4O2/c1-12(35)21(31)23(36)34-7-5-24(11-34)4-2-17-15(10-24)19-14(9-16(26)20(27)22(19)33-17)13-3-6-32-18(8-13)25(28,29)30/h3,6,8-9,12,21,33,35H,2,4-5,7,10-11,31H2,1H3/t12-,21+,24?/m0/s1. The summed E-state index contributed by atoms with van der Waals surface area (Å²) in [6.07, 6.45) is -1.48. The van der Waals surface area contributed by atoms with Crippen LogP contribution >= 0.6 is 23.2 Å². The van der Waals surface area contributed by atoms with Crippen LogP contribution in [0.3, 0.4) is 0 Å². The number of fused-ring (bicyclic) bond motifs is 3. The van der Waals surface area contributed by atoms with Crippen LogP contribution in [0.4, 0.5) is 13.2 Å². The topological polar surface area (TPSA) is 95.2 Å². The molecule has 0 bridgehead atoms. The monoisotopic (exact) mass is 540 g/mol. The molecule has 2 aromatic heterocycles. The summed E-state index contributed by atoms with van der Waals surface area (Å²) in [6, 6.07) is 3.17. The van der Waals surface area contributed by atoms with Gasteiger partial charge in [0.2, 0.25) is 5.91 Å². The van der Waals surface area contributed by atoms with E-state index in [-0.39, 0.29) is 16.3 Å². The quantitative estimate of drug-likeness (QED) is 0.437. The lowest BCUT2D eigenvalue weighted by atomic mass is 9.72. The Morgan fingerprint density at radius 1 is 1.31 bits per heavy atom. The number of aromatic amines is 1. The average Bonchev–Trinajstić information content (AvgIpc) is 3.42. The van der Waals surface area contributed by atoms with Crippen molar-refractivity contribution in [3.8, 4) is 11.1 Å². The molecule has 1 aliphatic carbocycles. The number of H-pyrrole nitrogens is 1. The van der Waals surface area contributed by atoms with Gasteiger partial charge in [-0.1, -0.05) is 23.2 Å². The highest BCUT2D eigenvalue weighted by Crippen LogP contribution is 2.49. The zero-order valence-electron chi connectivity index (χ0n) is 19.4. The zero-order chi connectivity index (χ0) is 26.0. The summed E-state index contributed by atoms with van der Waals surface area (Å²) < 4.78 is 40.2. The fourth-order valence-corrected chi connectivity index (χ4v) is 5.97. The number of aliphatic hydroxyl groups is 1. The smallest absolute Gasteiger partial charge is 0.391 e. The van der Waals surface area contributed by atoms with Gasteiger partial charge in [-0.3, -0.25) is 9.78 Å². The number of rotatable bonds is 3. The number of aromatic nitrogens is 2. The molecule has 3 heterocycles. The number of pyridine rings is 1. The van der Waals surface area contributed by atoms with Crippen molar-refractivity contribution in [2.75, 3.05) is 13.1 Å². The molecular weight excluding hydrogens is 516 g/mol. The molecule has 0 radical (unpaired) electrons. The van der Waals surface area contributed by atoms with Crippen molar-refractivity contribution in [1.82, 2.24) is 14.9 Å². The maximum atomic E-state index is 13.4. The summed E-state index contributed by atoms with van der Waals surface area (Å²) >= 11 is 12.9. The molecule has 3 aromatic rings. The molecule has 192 valence electrons. The van der Waals surface area contributed by atoms with Gasteiger partial charge in [-0.2, -0.15) is 13.2 Å². The molecule has 1 fully saturated rings. The number of aliphatic hydroxyl groups excluding tert-OH is 1. The van der Waals surface area contributed by atoms with E-state index in [0.29, 0.717) is 47.6 Å². The van der Waals surface area contributed by atoms with Gasteiger partial charge >= 0.3 is 6.18 Å². The Morgan fingerprint density at radius 2 is 2.06 bits per heavy atom. The molecule has 1 saturated heterocycles. The van der Waals surface area contributed by atoms with Crippen LogP contribution in [0.25, 0.3) is 22.0 Å². The summed E-state index contributed by atoms with van der Waals surface area (Å²) in [5.41, 5.74) is 8.13. The predicted octanol–water partition coefficient (Wildman–Crippen LogP) is 4.97. The Bertz CT molecular complexity index is 1360. The number of nitrogens with two attached hydrogens (primary N) is 1. The van der Waals surface area contributed by atoms with Crippen molar-refractivity contribution in [2.24, 2.45) is 11.1 Å². The molecule has 5 rings (SSSR count). The highest BCUT2D eigenvalue weighted by atomic mass is 35.5. The fourth-order valence-electron chi connectivity index (χ4n) is 5.57. The van der Waals surface area contributed by atoms with Crippen molar-refractivity contribution in [2.45, 2.75) is 50.9 Å². The number of carbonyl (C=O) groups excluding carboxylic acids is 1. The normalized spacial score (nSPS) is 21.7. The van der Waals surface area contributed by atoms with Crippen LogP contribution in [0, 0.1) is 5.41 Å². The van der Waals surface area contributed by atoms with E-state index in [1.165, 1.54) is 13.0 Å². The van der Waals surface area contributed by atoms with Crippen molar-refractivity contribution < 1.29 is 23.1 Å². The van der Waals surface area contributed by atoms with Gasteiger partial charge in [-0.05, 0) is 72.9 Å².